The largest absolute Gasteiger partial charge is 0.417 e. The molecule has 1 aromatic carbocycles. The first kappa shape index (κ1) is 11.0. The second kappa shape index (κ2) is 5.03. The molecule has 0 amide bonds. The zero-order valence-corrected chi connectivity index (χ0v) is 9.70. The summed E-state index contributed by atoms with van der Waals surface area (Å²) in [6.45, 7) is 2.11. The number of rotatable bonds is 4. The summed E-state index contributed by atoms with van der Waals surface area (Å²) in [4.78, 5) is 4.05. The van der Waals surface area contributed by atoms with Gasteiger partial charge in [0.2, 0.25) is 0 Å². The number of benzene rings is 1. The smallest absolute Gasteiger partial charge is 0.399 e. The molecular formula is C12H12ClNO2. The quantitative estimate of drug-likeness (QED) is 0.760. The molecule has 4 heteroatoms. The fourth-order valence-corrected chi connectivity index (χ4v) is 1.41. The highest BCUT2D eigenvalue weighted by Crippen LogP contribution is 2.21. The van der Waals surface area contributed by atoms with Gasteiger partial charge in [-0.05, 0) is 24.1 Å². The molecule has 0 spiro atoms. The average molecular weight is 238 g/mol. The van der Waals surface area contributed by atoms with Gasteiger partial charge in [0.25, 0.3) is 0 Å². The van der Waals surface area contributed by atoms with Crippen LogP contribution in [-0.2, 0) is 12.3 Å². The van der Waals surface area contributed by atoms with Crippen LogP contribution in [0, 0.1) is 0 Å². The van der Waals surface area contributed by atoms with E-state index in [4.69, 9.17) is 20.8 Å². The fraction of sp³-hybridized carbons (Fsp3) is 0.250. The van der Waals surface area contributed by atoms with Crippen LogP contribution in [0.25, 0.3) is 0 Å². The van der Waals surface area contributed by atoms with Crippen LogP contribution in [0.4, 0.5) is 0 Å². The maximum atomic E-state index is 5.60. The van der Waals surface area contributed by atoms with E-state index in [-0.39, 0.29) is 6.08 Å². The van der Waals surface area contributed by atoms with Crippen molar-refractivity contribution in [2.75, 3.05) is 0 Å². The summed E-state index contributed by atoms with van der Waals surface area (Å²) in [6, 6.07) is 7.81. The summed E-state index contributed by atoms with van der Waals surface area (Å²) >= 11 is 5.60. The molecule has 0 radical (unpaired) electrons. The molecule has 2 rings (SSSR count). The lowest BCUT2D eigenvalue weighted by atomic mass is 10.2. The first-order valence-corrected chi connectivity index (χ1v) is 5.62. The topological polar surface area (TPSA) is 35.3 Å². The van der Waals surface area contributed by atoms with E-state index in [9.17, 15) is 0 Å². The molecule has 3 nitrogen and oxygen atoms in total. The summed E-state index contributed by atoms with van der Waals surface area (Å²) in [6.07, 6.45) is 2.72. The van der Waals surface area contributed by atoms with Crippen molar-refractivity contribution in [3.63, 3.8) is 0 Å². The summed E-state index contributed by atoms with van der Waals surface area (Å²) in [5.41, 5.74) is 1.93. The van der Waals surface area contributed by atoms with E-state index in [1.54, 1.807) is 0 Å². The molecule has 2 aromatic rings. The van der Waals surface area contributed by atoms with Gasteiger partial charge in [0.05, 0.1) is 11.6 Å². The van der Waals surface area contributed by atoms with Crippen LogP contribution in [0.5, 0.6) is 11.8 Å². The standard InChI is InChI=1S/C12H12ClNO2/c1-2-9-3-5-11(6-4-9)16-12-14-10(7-13)8-15-12/h3-6,8H,2,7H2,1H3. The van der Waals surface area contributed by atoms with Crippen molar-refractivity contribution in [3.05, 3.63) is 41.8 Å². The van der Waals surface area contributed by atoms with Gasteiger partial charge >= 0.3 is 6.08 Å². The van der Waals surface area contributed by atoms with Gasteiger partial charge in [0, 0.05) is 0 Å². The Balaban J connectivity index is 2.08. The second-order valence-electron chi connectivity index (χ2n) is 3.34. The number of oxazole rings is 1. The molecule has 0 saturated carbocycles. The summed E-state index contributed by atoms with van der Waals surface area (Å²) in [5, 5.41) is 0. The van der Waals surface area contributed by atoms with Crippen LogP contribution in [0.1, 0.15) is 18.2 Å². The highest BCUT2D eigenvalue weighted by atomic mass is 35.5. The SMILES string of the molecule is CCc1ccc(Oc2nc(CCl)co2)cc1. The van der Waals surface area contributed by atoms with Gasteiger partial charge in [-0.1, -0.05) is 19.1 Å². The predicted octanol–water partition coefficient (Wildman–Crippen LogP) is 3.77. The first-order chi connectivity index (χ1) is 7.81. The normalized spacial score (nSPS) is 10.4. The van der Waals surface area contributed by atoms with Crippen LogP contribution in [0.15, 0.2) is 34.9 Å². The Kier molecular flexibility index (Phi) is 3.47. The van der Waals surface area contributed by atoms with Crippen molar-refractivity contribution in [2.24, 2.45) is 0 Å². The van der Waals surface area contributed by atoms with E-state index in [2.05, 4.69) is 11.9 Å². The Morgan fingerprint density at radius 2 is 2.06 bits per heavy atom. The van der Waals surface area contributed by atoms with Gasteiger partial charge in [-0.15, -0.1) is 11.6 Å². The van der Waals surface area contributed by atoms with E-state index < -0.39 is 0 Å². The first-order valence-electron chi connectivity index (χ1n) is 5.09. The van der Waals surface area contributed by atoms with E-state index in [1.165, 1.54) is 11.8 Å². The minimum absolute atomic E-state index is 0.222. The number of aromatic nitrogens is 1. The molecule has 0 bridgehead atoms. The van der Waals surface area contributed by atoms with E-state index in [1.807, 2.05) is 24.3 Å². The fourth-order valence-electron chi connectivity index (χ4n) is 1.29. The number of hydrogen-bond donors (Lipinski definition) is 0. The van der Waals surface area contributed by atoms with Gasteiger partial charge in [0.15, 0.2) is 0 Å². The van der Waals surface area contributed by atoms with Crippen LogP contribution >= 0.6 is 11.6 Å². The zero-order chi connectivity index (χ0) is 11.4. The Morgan fingerprint density at radius 3 is 2.62 bits per heavy atom. The predicted molar refractivity (Wildman–Crippen MR) is 62.0 cm³/mol. The lowest BCUT2D eigenvalue weighted by Gasteiger charge is -2.01. The molecule has 0 fully saturated rings. The van der Waals surface area contributed by atoms with Crippen molar-refractivity contribution < 1.29 is 9.15 Å². The van der Waals surface area contributed by atoms with Gasteiger partial charge in [-0.25, -0.2) is 0 Å². The maximum Gasteiger partial charge on any atom is 0.399 e. The number of ether oxygens (including phenoxy) is 1. The Hall–Kier alpha value is -1.48. The van der Waals surface area contributed by atoms with Crippen molar-refractivity contribution in [2.45, 2.75) is 19.2 Å². The Bertz CT molecular complexity index is 450. The molecule has 1 heterocycles. The number of hydrogen-bond acceptors (Lipinski definition) is 3. The average Bonchev–Trinajstić information content (AvgIpc) is 2.78. The Labute approximate surface area is 99.0 Å². The van der Waals surface area contributed by atoms with Crippen LogP contribution in [0.3, 0.4) is 0 Å². The highest BCUT2D eigenvalue weighted by Gasteiger charge is 2.05. The van der Waals surface area contributed by atoms with Gasteiger partial charge in [-0.3, -0.25) is 0 Å². The van der Waals surface area contributed by atoms with Gasteiger partial charge < -0.3 is 9.15 Å². The lowest BCUT2D eigenvalue weighted by Crippen LogP contribution is -1.86. The van der Waals surface area contributed by atoms with Gasteiger partial charge in [-0.2, -0.15) is 4.98 Å². The highest BCUT2D eigenvalue weighted by molar-refractivity contribution is 6.16. The molecule has 0 saturated heterocycles. The summed E-state index contributed by atoms with van der Waals surface area (Å²) < 4.78 is 10.5. The van der Waals surface area contributed by atoms with E-state index >= 15 is 0 Å². The van der Waals surface area contributed by atoms with Crippen molar-refractivity contribution >= 4 is 11.6 Å². The third kappa shape index (κ3) is 2.55. The third-order valence-electron chi connectivity index (χ3n) is 2.20. The molecule has 0 aliphatic rings. The molecular weight excluding hydrogens is 226 g/mol. The molecule has 0 aliphatic heterocycles. The monoisotopic (exact) mass is 237 g/mol. The molecule has 0 aliphatic carbocycles. The lowest BCUT2D eigenvalue weighted by molar-refractivity contribution is 0.330. The number of alkyl halides is 1. The van der Waals surface area contributed by atoms with Gasteiger partial charge in [0.1, 0.15) is 12.0 Å². The van der Waals surface area contributed by atoms with Crippen molar-refractivity contribution in [3.8, 4) is 11.8 Å². The molecule has 16 heavy (non-hydrogen) atoms. The maximum absolute atomic E-state index is 5.60. The third-order valence-corrected chi connectivity index (χ3v) is 2.48. The van der Waals surface area contributed by atoms with E-state index in [0.717, 1.165) is 6.42 Å². The number of nitrogens with zero attached hydrogens (tertiary/aromatic N) is 1. The second-order valence-corrected chi connectivity index (χ2v) is 3.61. The molecule has 0 atom stereocenters. The molecule has 0 N–H and O–H groups in total. The van der Waals surface area contributed by atoms with Crippen molar-refractivity contribution in [1.82, 2.24) is 4.98 Å². The molecule has 84 valence electrons. The van der Waals surface area contributed by atoms with E-state index in [0.29, 0.717) is 17.3 Å². The van der Waals surface area contributed by atoms with Crippen LogP contribution in [0.2, 0.25) is 0 Å². The minimum atomic E-state index is 0.222. The summed E-state index contributed by atoms with van der Waals surface area (Å²) in [7, 11) is 0. The Morgan fingerprint density at radius 1 is 1.31 bits per heavy atom. The van der Waals surface area contributed by atoms with Crippen LogP contribution < -0.4 is 4.74 Å². The van der Waals surface area contributed by atoms with Crippen LogP contribution in [-0.4, -0.2) is 4.98 Å². The minimum Gasteiger partial charge on any atom is -0.417 e. The summed E-state index contributed by atoms with van der Waals surface area (Å²) in [5.74, 6) is 1.03. The zero-order valence-electron chi connectivity index (χ0n) is 8.94. The molecule has 1 aromatic heterocycles. The molecule has 0 unspecified atom stereocenters. The van der Waals surface area contributed by atoms with Crippen molar-refractivity contribution in [1.29, 1.82) is 0 Å². The number of halogens is 1. The number of aryl methyl sites for hydroxylation is 1.